The van der Waals surface area contributed by atoms with E-state index in [9.17, 15) is 9.90 Å². The van der Waals surface area contributed by atoms with Gasteiger partial charge in [0.1, 0.15) is 5.82 Å². The highest BCUT2D eigenvalue weighted by molar-refractivity contribution is 5.98. The lowest BCUT2D eigenvalue weighted by Gasteiger charge is -2.36. The van der Waals surface area contributed by atoms with Crippen LogP contribution in [-0.2, 0) is 6.42 Å². The fraction of sp³-hybridized carbons (Fsp3) is 0.333. The molecule has 3 rings (SSSR count). The standard InChI is InChI=1S/C18H21N3O2/c19-17-15(7-4-9-20-17)18(23)21-10-8-14(16(22)12-21)11-13-5-2-1-3-6-13/h1-7,9,14,16,22H,8,10-12H2,(H2,19,20)/t14-,16-/m1/s1. The number of aliphatic hydroxyl groups excluding tert-OH is 1. The summed E-state index contributed by atoms with van der Waals surface area (Å²) in [5.41, 5.74) is 7.39. The van der Waals surface area contributed by atoms with Gasteiger partial charge in [0.2, 0.25) is 0 Å². The van der Waals surface area contributed by atoms with Crippen molar-refractivity contribution in [3.8, 4) is 0 Å². The van der Waals surface area contributed by atoms with Gasteiger partial charge in [0.25, 0.3) is 5.91 Å². The number of carbonyl (C=O) groups excluding carboxylic acids is 1. The zero-order chi connectivity index (χ0) is 16.2. The van der Waals surface area contributed by atoms with Gasteiger partial charge in [0.05, 0.1) is 11.7 Å². The summed E-state index contributed by atoms with van der Waals surface area (Å²) in [6, 6.07) is 13.5. The van der Waals surface area contributed by atoms with E-state index in [1.165, 1.54) is 5.56 Å². The fourth-order valence-electron chi connectivity index (χ4n) is 3.09. The van der Waals surface area contributed by atoms with Crippen LogP contribution in [0.3, 0.4) is 0 Å². The molecule has 1 saturated heterocycles. The molecule has 1 fully saturated rings. The van der Waals surface area contributed by atoms with Crippen LogP contribution in [0.1, 0.15) is 22.3 Å². The number of nitrogen functional groups attached to an aromatic ring is 1. The molecule has 0 bridgehead atoms. The lowest BCUT2D eigenvalue weighted by atomic mass is 9.87. The summed E-state index contributed by atoms with van der Waals surface area (Å²) < 4.78 is 0. The van der Waals surface area contributed by atoms with Gasteiger partial charge >= 0.3 is 0 Å². The maximum absolute atomic E-state index is 12.5. The second kappa shape index (κ2) is 6.79. The molecule has 1 aromatic heterocycles. The van der Waals surface area contributed by atoms with E-state index in [1.54, 1.807) is 23.2 Å². The van der Waals surface area contributed by atoms with Crippen LogP contribution in [0.2, 0.25) is 0 Å². The second-order valence-electron chi connectivity index (χ2n) is 5.99. The molecule has 0 spiro atoms. The van der Waals surface area contributed by atoms with E-state index in [0.29, 0.717) is 18.7 Å². The Balaban J connectivity index is 1.64. The predicted molar refractivity (Wildman–Crippen MR) is 88.8 cm³/mol. The Kier molecular flexibility index (Phi) is 4.57. The molecule has 23 heavy (non-hydrogen) atoms. The number of piperidine rings is 1. The Labute approximate surface area is 135 Å². The van der Waals surface area contributed by atoms with E-state index in [2.05, 4.69) is 17.1 Å². The van der Waals surface area contributed by atoms with Crippen molar-refractivity contribution >= 4 is 11.7 Å². The number of pyridine rings is 1. The third kappa shape index (κ3) is 3.51. The third-order valence-corrected chi connectivity index (χ3v) is 4.42. The Morgan fingerprint density at radius 1 is 1.26 bits per heavy atom. The molecular formula is C18H21N3O2. The molecule has 1 aliphatic heterocycles. The number of nitrogens with zero attached hydrogens (tertiary/aromatic N) is 2. The molecule has 0 unspecified atom stereocenters. The first-order chi connectivity index (χ1) is 11.1. The zero-order valence-corrected chi connectivity index (χ0v) is 12.9. The van der Waals surface area contributed by atoms with Crippen molar-refractivity contribution in [3.63, 3.8) is 0 Å². The summed E-state index contributed by atoms with van der Waals surface area (Å²) in [7, 11) is 0. The van der Waals surface area contributed by atoms with E-state index >= 15 is 0 Å². The minimum Gasteiger partial charge on any atom is -0.391 e. The third-order valence-electron chi connectivity index (χ3n) is 4.42. The maximum atomic E-state index is 12.5. The highest BCUT2D eigenvalue weighted by Gasteiger charge is 2.31. The largest absolute Gasteiger partial charge is 0.391 e. The van der Waals surface area contributed by atoms with Crippen LogP contribution in [0.5, 0.6) is 0 Å². The number of likely N-dealkylation sites (tertiary alicyclic amines) is 1. The highest BCUT2D eigenvalue weighted by Crippen LogP contribution is 2.24. The number of hydrogen-bond acceptors (Lipinski definition) is 4. The summed E-state index contributed by atoms with van der Waals surface area (Å²) in [5, 5.41) is 10.4. The van der Waals surface area contributed by atoms with Gasteiger partial charge < -0.3 is 15.7 Å². The summed E-state index contributed by atoms with van der Waals surface area (Å²) >= 11 is 0. The van der Waals surface area contributed by atoms with Crippen molar-refractivity contribution in [1.29, 1.82) is 0 Å². The maximum Gasteiger partial charge on any atom is 0.257 e. The minimum atomic E-state index is -0.522. The molecule has 2 aromatic rings. The van der Waals surface area contributed by atoms with Crippen molar-refractivity contribution < 1.29 is 9.90 Å². The molecular weight excluding hydrogens is 290 g/mol. The lowest BCUT2D eigenvalue weighted by Crippen LogP contribution is -2.47. The first-order valence-electron chi connectivity index (χ1n) is 7.87. The molecule has 5 nitrogen and oxygen atoms in total. The van der Waals surface area contributed by atoms with Gasteiger partial charge in [0.15, 0.2) is 0 Å². The molecule has 2 heterocycles. The van der Waals surface area contributed by atoms with Gasteiger partial charge in [-0.25, -0.2) is 4.98 Å². The summed E-state index contributed by atoms with van der Waals surface area (Å²) in [6.07, 6.45) is 2.65. The number of carbonyl (C=O) groups is 1. The van der Waals surface area contributed by atoms with E-state index in [4.69, 9.17) is 5.73 Å². The van der Waals surface area contributed by atoms with E-state index in [0.717, 1.165) is 12.8 Å². The van der Waals surface area contributed by atoms with E-state index < -0.39 is 6.10 Å². The molecule has 2 atom stereocenters. The van der Waals surface area contributed by atoms with Gasteiger partial charge in [-0.05, 0) is 36.5 Å². The first-order valence-corrected chi connectivity index (χ1v) is 7.87. The quantitative estimate of drug-likeness (QED) is 0.905. The summed E-state index contributed by atoms with van der Waals surface area (Å²) in [6.45, 7) is 0.965. The smallest absolute Gasteiger partial charge is 0.257 e. The number of aromatic nitrogens is 1. The number of benzene rings is 1. The summed E-state index contributed by atoms with van der Waals surface area (Å²) in [4.78, 5) is 18.1. The van der Waals surface area contributed by atoms with Gasteiger partial charge in [-0.3, -0.25) is 4.79 Å². The lowest BCUT2D eigenvalue weighted by molar-refractivity contribution is 0.0198. The molecule has 0 radical (unpaired) electrons. The molecule has 0 saturated carbocycles. The van der Waals surface area contributed by atoms with Gasteiger partial charge in [-0.15, -0.1) is 0 Å². The van der Waals surface area contributed by atoms with Crippen molar-refractivity contribution in [2.24, 2.45) is 5.92 Å². The number of β-amino-alcohol motifs (C(OH)–C–C–N with tert-alkyl or cyclic N) is 1. The molecule has 0 aliphatic carbocycles. The van der Waals surface area contributed by atoms with Gasteiger partial charge in [-0.1, -0.05) is 30.3 Å². The average molecular weight is 311 g/mol. The van der Waals surface area contributed by atoms with Crippen LogP contribution in [0.15, 0.2) is 48.7 Å². The Morgan fingerprint density at radius 2 is 2.04 bits per heavy atom. The van der Waals surface area contributed by atoms with Crippen molar-refractivity contribution in [2.75, 3.05) is 18.8 Å². The van der Waals surface area contributed by atoms with Crippen molar-refractivity contribution in [3.05, 3.63) is 59.8 Å². The van der Waals surface area contributed by atoms with Crippen LogP contribution in [0.25, 0.3) is 0 Å². The molecule has 1 amide bonds. The predicted octanol–water partition coefficient (Wildman–Crippen LogP) is 1.73. The molecule has 1 aliphatic rings. The Morgan fingerprint density at radius 3 is 2.74 bits per heavy atom. The average Bonchev–Trinajstić information content (AvgIpc) is 2.57. The highest BCUT2D eigenvalue weighted by atomic mass is 16.3. The van der Waals surface area contributed by atoms with Gasteiger partial charge in [0, 0.05) is 19.3 Å². The van der Waals surface area contributed by atoms with Crippen molar-refractivity contribution in [2.45, 2.75) is 18.9 Å². The van der Waals surface area contributed by atoms with Crippen LogP contribution >= 0.6 is 0 Å². The minimum absolute atomic E-state index is 0.159. The topological polar surface area (TPSA) is 79.5 Å². The molecule has 1 aromatic carbocycles. The van der Waals surface area contributed by atoms with Crippen LogP contribution in [-0.4, -0.2) is 40.1 Å². The SMILES string of the molecule is Nc1ncccc1C(=O)N1CC[C@H](Cc2ccccc2)[C@H](O)C1. The van der Waals surface area contributed by atoms with Gasteiger partial charge in [-0.2, -0.15) is 0 Å². The number of aliphatic hydroxyl groups is 1. The summed E-state index contributed by atoms with van der Waals surface area (Å²) in [5.74, 6) is 0.249. The molecule has 120 valence electrons. The number of nitrogens with two attached hydrogens (primary N) is 1. The number of anilines is 1. The number of hydrogen-bond donors (Lipinski definition) is 2. The van der Waals surface area contributed by atoms with Crippen LogP contribution < -0.4 is 5.73 Å². The van der Waals surface area contributed by atoms with E-state index in [1.807, 2.05) is 18.2 Å². The van der Waals surface area contributed by atoms with E-state index in [-0.39, 0.29) is 17.6 Å². The monoisotopic (exact) mass is 311 g/mol. The van der Waals surface area contributed by atoms with Crippen LogP contribution in [0, 0.1) is 5.92 Å². The Bertz CT molecular complexity index is 675. The molecule has 3 N–H and O–H groups in total. The zero-order valence-electron chi connectivity index (χ0n) is 12.9. The number of rotatable bonds is 3. The second-order valence-corrected chi connectivity index (χ2v) is 5.99. The van der Waals surface area contributed by atoms with Crippen LogP contribution in [0.4, 0.5) is 5.82 Å². The first kappa shape index (κ1) is 15.5. The molecule has 5 heteroatoms. The number of amides is 1. The van der Waals surface area contributed by atoms with Crippen molar-refractivity contribution in [1.82, 2.24) is 9.88 Å². The normalized spacial score (nSPS) is 21.2. The fourth-order valence-corrected chi connectivity index (χ4v) is 3.09. The Hall–Kier alpha value is -2.40.